The summed E-state index contributed by atoms with van der Waals surface area (Å²) in [7, 11) is 0. The number of carbonyl (C=O) groups is 1. The van der Waals surface area contributed by atoms with Crippen LogP contribution in [0, 0.1) is 5.41 Å². The first-order valence-corrected chi connectivity index (χ1v) is 6.94. The van der Waals surface area contributed by atoms with Crippen LogP contribution in [0.25, 0.3) is 0 Å². The van der Waals surface area contributed by atoms with E-state index in [4.69, 9.17) is 40.5 Å². The minimum Gasteiger partial charge on any atom is -0.327 e. The molecular formula is C13H17Cl3N2O. The van der Waals surface area contributed by atoms with Gasteiger partial charge < -0.3 is 11.1 Å². The number of nitrogens with one attached hydrogen (secondary N) is 1. The van der Waals surface area contributed by atoms with Crippen LogP contribution in [-0.2, 0) is 4.79 Å². The molecule has 3 N–H and O–H groups in total. The normalized spacial score (nSPS) is 13.2. The Morgan fingerprint density at radius 1 is 1.26 bits per heavy atom. The summed E-state index contributed by atoms with van der Waals surface area (Å²) in [5.41, 5.74) is 6.17. The molecule has 0 aromatic heterocycles. The van der Waals surface area contributed by atoms with Crippen LogP contribution in [0.1, 0.15) is 27.2 Å². The largest absolute Gasteiger partial charge is 0.327 e. The maximum absolute atomic E-state index is 11.9. The minimum absolute atomic E-state index is 0.148. The summed E-state index contributed by atoms with van der Waals surface area (Å²) in [5.74, 6) is -0.228. The Morgan fingerprint density at radius 2 is 1.74 bits per heavy atom. The highest BCUT2D eigenvalue weighted by Gasteiger charge is 2.23. The lowest BCUT2D eigenvalue weighted by atomic mass is 9.85. The van der Waals surface area contributed by atoms with Gasteiger partial charge in [0.1, 0.15) is 0 Å². The third-order valence-electron chi connectivity index (χ3n) is 2.79. The molecule has 1 aromatic carbocycles. The predicted molar refractivity (Wildman–Crippen MR) is 82.1 cm³/mol. The third kappa shape index (κ3) is 4.84. The molecule has 1 unspecified atom stereocenters. The molecule has 0 aliphatic rings. The van der Waals surface area contributed by atoms with Gasteiger partial charge in [-0.1, -0.05) is 55.6 Å². The van der Waals surface area contributed by atoms with Crippen molar-refractivity contribution in [2.45, 2.75) is 33.2 Å². The van der Waals surface area contributed by atoms with E-state index >= 15 is 0 Å². The molecule has 0 saturated carbocycles. The summed E-state index contributed by atoms with van der Waals surface area (Å²) in [4.78, 5) is 11.9. The maximum Gasteiger partial charge on any atom is 0.226 e. The van der Waals surface area contributed by atoms with Gasteiger partial charge in [-0.3, -0.25) is 4.79 Å². The molecule has 1 rings (SSSR count). The zero-order valence-electron chi connectivity index (χ0n) is 11.1. The molecule has 19 heavy (non-hydrogen) atoms. The lowest BCUT2D eigenvalue weighted by molar-refractivity contribution is -0.117. The van der Waals surface area contributed by atoms with Crippen LogP contribution in [-0.4, -0.2) is 11.9 Å². The second kappa shape index (κ2) is 6.31. The van der Waals surface area contributed by atoms with Gasteiger partial charge in [-0.15, -0.1) is 0 Å². The molecular weight excluding hydrogens is 307 g/mol. The molecule has 0 aliphatic carbocycles. The van der Waals surface area contributed by atoms with Crippen molar-refractivity contribution in [1.82, 2.24) is 0 Å². The number of nitrogens with two attached hydrogens (primary N) is 1. The summed E-state index contributed by atoms with van der Waals surface area (Å²) >= 11 is 17.8. The number of carbonyl (C=O) groups excluding carboxylic acids is 1. The molecule has 106 valence electrons. The Kier molecular flexibility index (Phi) is 5.51. The number of anilines is 1. The lowest BCUT2D eigenvalue weighted by Crippen LogP contribution is -2.38. The second-order valence-electron chi connectivity index (χ2n) is 5.47. The predicted octanol–water partition coefficient (Wildman–Crippen LogP) is 4.35. The van der Waals surface area contributed by atoms with Gasteiger partial charge in [-0.05, 0) is 17.5 Å². The number of halogens is 3. The van der Waals surface area contributed by atoms with Crippen molar-refractivity contribution in [2.24, 2.45) is 11.1 Å². The Hall–Kier alpha value is -0.480. The van der Waals surface area contributed by atoms with Gasteiger partial charge in [0.2, 0.25) is 5.91 Å². The van der Waals surface area contributed by atoms with Gasteiger partial charge in [0.15, 0.2) is 0 Å². The summed E-state index contributed by atoms with van der Waals surface area (Å²) in [6.45, 7) is 5.94. The van der Waals surface area contributed by atoms with Crippen molar-refractivity contribution in [3.05, 3.63) is 27.2 Å². The molecule has 6 heteroatoms. The van der Waals surface area contributed by atoms with E-state index in [1.807, 2.05) is 20.8 Å². The first-order valence-electron chi connectivity index (χ1n) is 5.81. The fourth-order valence-corrected chi connectivity index (χ4v) is 2.27. The minimum atomic E-state index is -0.252. The second-order valence-corrected chi connectivity index (χ2v) is 6.72. The number of hydrogen-bond donors (Lipinski definition) is 2. The number of rotatable bonds is 3. The van der Waals surface area contributed by atoms with Gasteiger partial charge in [0.25, 0.3) is 0 Å². The van der Waals surface area contributed by atoms with Gasteiger partial charge in [-0.25, -0.2) is 0 Å². The maximum atomic E-state index is 11.9. The summed E-state index contributed by atoms with van der Waals surface area (Å²) in [6, 6.07) is 2.79. The molecule has 0 aliphatic heterocycles. The number of benzene rings is 1. The average Bonchev–Trinajstić information content (AvgIpc) is 2.21. The quantitative estimate of drug-likeness (QED) is 0.869. The fourth-order valence-electron chi connectivity index (χ4n) is 1.36. The Morgan fingerprint density at radius 3 is 2.16 bits per heavy atom. The van der Waals surface area contributed by atoms with E-state index in [0.29, 0.717) is 20.8 Å². The molecule has 0 radical (unpaired) electrons. The van der Waals surface area contributed by atoms with Crippen molar-refractivity contribution < 1.29 is 4.79 Å². The van der Waals surface area contributed by atoms with E-state index in [-0.39, 0.29) is 23.8 Å². The third-order valence-corrected chi connectivity index (χ3v) is 3.60. The van der Waals surface area contributed by atoms with Crippen molar-refractivity contribution in [3.63, 3.8) is 0 Å². The first kappa shape index (κ1) is 16.6. The van der Waals surface area contributed by atoms with E-state index in [9.17, 15) is 4.79 Å². The molecule has 0 spiro atoms. The van der Waals surface area contributed by atoms with Crippen molar-refractivity contribution in [1.29, 1.82) is 0 Å². The summed E-state index contributed by atoms with van der Waals surface area (Å²) in [5, 5.41) is 3.69. The Bertz CT molecular complexity index is 460. The summed E-state index contributed by atoms with van der Waals surface area (Å²) in [6.07, 6.45) is 0.193. The Balaban J connectivity index is 2.79. The van der Waals surface area contributed by atoms with Gasteiger partial charge in [0, 0.05) is 17.5 Å². The van der Waals surface area contributed by atoms with E-state index < -0.39 is 0 Å². The van der Waals surface area contributed by atoms with Crippen LogP contribution in [0.3, 0.4) is 0 Å². The fraction of sp³-hybridized carbons (Fsp3) is 0.462. The molecule has 1 aromatic rings. The first-order chi connectivity index (χ1) is 8.61. The standard InChI is InChI=1S/C13H17Cl3N2O/c1-13(2,3)10(17)6-11(19)18-12-8(15)4-7(14)5-9(12)16/h4-5,10H,6,17H2,1-3H3,(H,18,19). The van der Waals surface area contributed by atoms with Crippen molar-refractivity contribution in [2.75, 3.05) is 5.32 Å². The van der Waals surface area contributed by atoms with Gasteiger partial charge in [-0.2, -0.15) is 0 Å². The van der Waals surface area contributed by atoms with Crippen molar-refractivity contribution >= 4 is 46.4 Å². The Labute approximate surface area is 128 Å². The smallest absolute Gasteiger partial charge is 0.226 e. The van der Waals surface area contributed by atoms with Crippen LogP contribution < -0.4 is 11.1 Å². The van der Waals surface area contributed by atoms with E-state index in [0.717, 1.165) is 0 Å². The highest BCUT2D eigenvalue weighted by molar-refractivity contribution is 6.42. The van der Waals surface area contributed by atoms with Crippen LogP contribution in [0.2, 0.25) is 15.1 Å². The molecule has 0 fully saturated rings. The molecule has 1 amide bonds. The van der Waals surface area contributed by atoms with E-state index in [1.165, 1.54) is 12.1 Å². The van der Waals surface area contributed by atoms with Gasteiger partial charge in [0.05, 0.1) is 15.7 Å². The highest BCUT2D eigenvalue weighted by atomic mass is 35.5. The van der Waals surface area contributed by atoms with Crippen LogP contribution >= 0.6 is 34.8 Å². The zero-order chi connectivity index (χ0) is 14.8. The van der Waals surface area contributed by atoms with Crippen LogP contribution in [0.15, 0.2) is 12.1 Å². The van der Waals surface area contributed by atoms with E-state index in [2.05, 4.69) is 5.32 Å². The van der Waals surface area contributed by atoms with Crippen LogP contribution in [0.5, 0.6) is 0 Å². The monoisotopic (exact) mass is 322 g/mol. The topological polar surface area (TPSA) is 55.1 Å². The molecule has 0 saturated heterocycles. The molecule has 3 nitrogen and oxygen atoms in total. The molecule has 1 atom stereocenters. The highest BCUT2D eigenvalue weighted by Crippen LogP contribution is 2.34. The number of amides is 1. The SMILES string of the molecule is CC(C)(C)C(N)CC(=O)Nc1c(Cl)cc(Cl)cc1Cl. The van der Waals surface area contributed by atoms with E-state index in [1.54, 1.807) is 0 Å². The average molecular weight is 324 g/mol. The summed E-state index contributed by atoms with van der Waals surface area (Å²) < 4.78 is 0. The lowest BCUT2D eigenvalue weighted by Gasteiger charge is -2.26. The van der Waals surface area contributed by atoms with Crippen LogP contribution in [0.4, 0.5) is 5.69 Å². The van der Waals surface area contributed by atoms with Crippen molar-refractivity contribution in [3.8, 4) is 0 Å². The molecule has 0 heterocycles. The zero-order valence-corrected chi connectivity index (χ0v) is 13.3. The molecule has 0 bridgehead atoms. The van der Waals surface area contributed by atoms with Gasteiger partial charge >= 0.3 is 0 Å². The number of hydrogen-bond acceptors (Lipinski definition) is 2.